The Balaban J connectivity index is 2.51. The number of anilines is 3. The molecule has 0 aromatic heterocycles. The van der Waals surface area contributed by atoms with Crippen LogP contribution < -0.4 is 11.1 Å². The van der Waals surface area contributed by atoms with Gasteiger partial charge in [-0.05, 0) is 46.3 Å². The van der Waals surface area contributed by atoms with Gasteiger partial charge in [-0.3, -0.25) is 0 Å². The number of hydrogen-bond donors (Lipinski definition) is 3. The van der Waals surface area contributed by atoms with Gasteiger partial charge in [-0.2, -0.15) is 0 Å². The zero-order chi connectivity index (χ0) is 14.9. The molecule has 0 aliphatic heterocycles. The second kappa shape index (κ2) is 5.68. The van der Waals surface area contributed by atoms with Gasteiger partial charge in [-0.15, -0.1) is 0 Å². The summed E-state index contributed by atoms with van der Waals surface area (Å²) in [6.07, 6.45) is 0. The first-order valence-corrected chi connectivity index (χ1v) is 6.60. The van der Waals surface area contributed by atoms with Gasteiger partial charge >= 0.3 is 5.97 Å². The minimum atomic E-state index is -1.32. The number of nitrogens with two attached hydrogens (primary N) is 1. The monoisotopic (exact) mass is 358 g/mol. The molecule has 0 fully saturated rings. The van der Waals surface area contributed by atoms with Crippen LogP contribution in [0.3, 0.4) is 0 Å². The van der Waals surface area contributed by atoms with E-state index >= 15 is 0 Å². The molecule has 20 heavy (non-hydrogen) atoms. The second-order valence-corrected chi connectivity index (χ2v) is 5.23. The van der Waals surface area contributed by atoms with E-state index in [1.54, 1.807) is 18.2 Å². The van der Waals surface area contributed by atoms with Crippen LogP contribution >= 0.6 is 27.5 Å². The van der Waals surface area contributed by atoms with Gasteiger partial charge in [-0.25, -0.2) is 9.18 Å². The minimum absolute atomic E-state index is 0.180. The molecule has 7 heteroatoms. The van der Waals surface area contributed by atoms with Crippen molar-refractivity contribution >= 4 is 50.6 Å². The highest BCUT2D eigenvalue weighted by atomic mass is 79.9. The highest BCUT2D eigenvalue weighted by Gasteiger charge is 2.18. The third kappa shape index (κ3) is 2.86. The number of carbonyl (C=O) groups is 1. The van der Waals surface area contributed by atoms with E-state index in [1.807, 2.05) is 0 Å². The van der Waals surface area contributed by atoms with Gasteiger partial charge in [0, 0.05) is 9.50 Å². The van der Waals surface area contributed by atoms with Gasteiger partial charge in [0.05, 0.1) is 17.1 Å². The lowest BCUT2D eigenvalue weighted by atomic mass is 10.1. The average Bonchev–Trinajstić information content (AvgIpc) is 2.38. The molecule has 0 spiro atoms. The predicted octanol–water partition coefficient (Wildman–Crippen LogP) is 4.27. The molecule has 104 valence electrons. The first-order valence-electron chi connectivity index (χ1n) is 5.43. The summed E-state index contributed by atoms with van der Waals surface area (Å²) in [7, 11) is 0. The molecule has 0 aliphatic rings. The van der Waals surface area contributed by atoms with Gasteiger partial charge in [0.25, 0.3) is 0 Å². The fourth-order valence-electron chi connectivity index (χ4n) is 1.67. The van der Waals surface area contributed by atoms with Crippen LogP contribution in [0.1, 0.15) is 10.4 Å². The summed E-state index contributed by atoms with van der Waals surface area (Å²) >= 11 is 9.19. The molecule has 0 saturated carbocycles. The van der Waals surface area contributed by atoms with E-state index in [0.29, 0.717) is 15.2 Å². The molecular weight excluding hydrogens is 351 g/mol. The molecule has 0 saturated heterocycles. The Morgan fingerprint density at radius 2 is 2.00 bits per heavy atom. The van der Waals surface area contributed by atoms with Crippen LogP contribution in [0.2, 0.25) is 5.02 Å². The predicted molar refractivity (Wildman–Crippen MR) is 80.2 cm³/mol. The summed E-state index contributed by atoms with van der Waals surface area (Å²) in [5, 5.41) is 12.5. The highest BCUT2D eigenvalue weighted by molar-refractivity contribution is 9.10. The molecule has 0 aliphatic carbocycles. The Bertz CT molecular complexity index is 694. The minimum Gasteiger partial charge on any atom is -0.478 e. The first-order chi connectivity index (χ1) is 9.40. The van der Waals surface area contributed by atoms with Crippen LogP contribution in [0.4, 0.5) is 21.5 Å². The summed E-state index contributed by atoms with van der Waals surface area (Å²) in [6, 6.07) is 7.40. The molecule has 4 N–H and O–H groups in total. The normalized spacial score (nSPS) is 10.3. The molecule has 0 unspecified atom stereocenters. The highest BCUT2D eigenvalue weighted by Crippen LogP contribution is 2.32. The Kier molecular flexibility index (Phi) is 4.15. The first kappa shape index (κ1) is 14.6. The zero-order valence-corrected chi connectivity index (χ0v) is 12.3. The lowest BCUT2D eigenvalue weighted by Gasteiger charge is -2.13. The summed E-state index contributed by atoms with van der Waals surface area (Å²) in [4.78, 5) is 11.2. The van der Waals surface area contributed by atoms with E-state index < -0.39 is 17.5 Å². The largest absolute Gasteiger partial charge is 0.478 e. The number of carboxylic acids is 1. The van der Waals surface area contributed by atoms with Crippen molar-refractivity contribution in [2.75, 3.05) is 11.1 Å². The molecule has 2 aromatic carbocycles. The van der Waals surface area contributed by atoms with Gasteiger partial charge in [0.15, 0.2) is 0 Å². The molecule has 2 aromatic rings. The molecule has 2 rings (SSSR count). The molecule has 0 heterocycles. The number of halogens is 3. The Labute approximate surface area is 127 Å². The van der Waals surface area contributed by atoms with Gasteiger partial charge in [0.2, 0.25) is 0 Å². The van der Waals surface area contributed by atoms with E-state index in [9.17, 15) is 9.18 Å². The standard InChI is InChI=1S/C13H9BrClFN2O2/c14-7-2-1-6(15)5-10(7)18-9-4-3-8(16)12(17)11(9)13(19)20/h1-5,18H,17H2,(H,19,20). The maximum Gasteiger partial charge on any atom is 0.340 e. The van der Waals surface area contributed by atoms with Crippen LogP contribution in [0, 0.1) is 5.82 Å². The van der Waals surface area contributed by atoms with Crippen molar-refractivity contribution in [3.63, 3.8) is 0 Å². The van der Waals surface area contributed by atoms with Crippen LogP contribution in [-0.2, 0) is 0 Å². The average molecular weight is 360 g/mol. The van der Waals surface area contributed by atoms with Crippen LogP contribution in [0.15, 0.2) is 34.8 Å². The van der Waals surface area contributed by atoms with Crippen molar-refractivity contribution in [2.45, 2.75) is 0 Å². The van der Waals surface area contributed by atoms with Crippen molar-refractivity contribution in [2.24, 2.45) is 0 Å². The van der Waals surface area contributed by atoms with Crippen LogP contribution in [0.25, 0.3) is 0 Å². The van der Waals surface area contributed by atoms with E-state index in [2.05, 4.69) is 21.2 Å². The molecule has 4 nitrogen and oxygen atoms in total. The lowest BCUT2D eigenvalue weighted by Crippen LogP contribution is -2.08. The van der Waals surface area contributed by atoms with Gasteiger partial charge < -0.3 is 16.2 Å². The fourth-order valence-corrected chi connectivity index (χ4v) is 2.18. The van der Waals surface area contributed by atoms with E-state index in [1.165, 1.54) is 6.07 Å². The number of nitrogen functional groups attached to an aromatic ring is 1. The number of carboxylic acid groups (broad SMARTS) is 1. The molecule has 0 bridgehead atoms. The van der Waals surface area contributed by atoms with E-state index in [-0.39, 0.29) is 11.3 Å². The van der Waals surface area contributed by atoms with Crippen molar-refractivity contribution in [1.82, 2.24) is 0 Å². The van der Waals surface area contributed by atoms with Crippen molar-refractivity contribution in [3.05, 3.63) is 51.2 Å². The zero-order valence-electron chi connectivity index (χ0n) is 9.95. The summed E-state index contributed by atoms with van der Waals surface area (Å²) in [5.74, 6) is -2.10. The number of hydrogen-bond acceptors (Lipinski definition) is 3. The van der Waals surface area contributed by atoms with Crippen LogP contribution in [-0.4, -0.2) is 11.1 Å². The van der Waals surface area contributed by atoms with Crippen molar-refractivity contribution in [3.8, 4) is 0 Å². The maximum atomic E-state index is 13.4. The Hall–Kier alpha value is -1.79. The molecular formula is C13H9BrClFN2O2. The van der Waals surface area contributed by atoms with E-state index in [4.69, 9.17) is 22.4 Å². The number of benzene rings is 2. The third-order valence-electron chi connectivity index (χ3n) is 2.60. The maximum absolute atomic E-state index is 13.4. The quantitative estimate of drug-likeness (QED) is 0.716. The topological polar surface area (TPSA) is 75.3 Å². The summed E-state index contributed by atoms with van der Waals surface area (Å²) in [6.45, 7) is 0. The SMILES string of the molecule is Nc1c(F)ccc(Nc2cc(Cl)ccc2Br)c1C(=O)O. The van der Waals surface area contributed by atoms with E-state index in [0.717, 1.165) is 6.07 Å². The number of nitrogens with one attached hydrogen (secondary N) is 1. The molecule has 0 radical (unpaired) electrons. The number of rotatable bonds is 3. The van der Waals surface area contributed by atoms with Gasteiger partial charge in [-0.1, -0.05) is 11.6 Å². The second-order valence-electron chi connectivity index (χ2n) is 3.94. The summed E-state index contributed by atoms with van der Waals surface area (Å²) in [5.41, 5.74) is 5.46. The Morgan fingerprint density at radius 1 is 1.30 bits per heavy atom. The van der Waals surface area contributed by atoms with Crippen molar-refractivity contribution < 1.29 is 14.3 Å². The fraction of sp³-hybridized carbons (Fsp3) is 0. The van der Waals surface area contributed by atoms with Gasteiger partial charge in [0.1, 0.15) is 11.4 Å². The van der Waals surface area contributed by atoms with Crippen LogP contribution in [0.5, 0.6) is 0 Å². The summed E-state index contributed by atoms with van der Waals surface area (Å²) < 4.78 is 14.0. The third-order valence-corrected chi connectivity index (χ3v) is 3.53. The Morgan fingerprint density at radius 3 is 2.65 bits per heavy atom. The van der Waals surface area contributed by atoms with Crippen molar-refractivity contribution in [1.29, 1.82) is 0 Å². The molecule has 0 atom stereocenters. The number of aromatic carboxylic acids is 1. The molecule has 0 amide bonds. The lowest BCUT2D eigenvalue weighted by molar-refractivity contribution is 0.0698. The smallest absolute Gasteiger partial charge is 0.340 e.